The van der Waals surface area contributed by atoms with E-state index < -0.39 is 17.1 Å². The lowest BCUT2D eigenvalue weighted by Gasteiger charge is -2.16. The van der Waals surface area contributed by atoms with Gasteiger partial charge in [0.1, 0.15) is 5.70 Å². The molecule has 1 aromatic heterocycles. The zero-order valence-electron chi connectivity index (χ0n) is 23.6. The second-order valence-corrected chi connectivity index (χ2v) is 12.0. The Morgan fingerprint density at radius 3 is 2.32 bits per heavy atom. The van der Waals surface area contributed by atoms with Crippen LogP contribution in [0.15, 0.2) is 114 Å². The third kappa shape index (κ3) is 7.90. The summed E-state index contributed by atoms with van der Waals surface area (Å²) in [6.45, 7) is 1.92. The van der Waals surface area contributed by atoms with E-state index >= 15 is 0 Å². The molecule has 1 heterocycles. The molecule has 0 spiro atoms. The number of amides is 3. The molecule has 3 amide bonds. The van der Waals surface area contributed by atoms with Crippen LogP contribution in [0.4, 0.5) is 11.4 Å². The van der Waals surface area contributed by atoms with Crippen LogP contribution in [0.3, 0.4) is 0 Å². The van der Waals surface area contributed by atoms with Crippen molar-refractivity contribution < 1.29 is 14.4 Å². The smallest absolute Gasteiger partial charge is 0.272 e. The highest BCUT2D eigenvalue weighted by atomic mass is 35.5. The molecule has 5 rings (SSSR count). The molecule has 44 heavy (non-hydrogen) atoms. The molecule has 222 valence electrons. The highest BCUT2D eigenvalue weighted by Gasteiger charge is 2.20. The minimum Gasteiger partial charge on any atom is -0.361 e. The van der Waals surface area contributed by atoms with Gasteiger partial charge < -0.3 is 20.9 Å². The second kappa shape index (κ2) is 14.3. The first-order chi connectivity index (χ1) is 21.3. The number of para-hydroxylation sites is 1. The molecule has 7 nitrogen and oxygen atoms in total. The van der Waals surface area contributed by atoms with Crippen LogP contribution in [-0.4, -0.2) is 28.0 Å². The largest absolute Gasteiger partial charge is 0.361 e. The number of carbonyl (C=O) groups excluding carboxylic acids is 3. The first-order valence-corrected chi connectivity index (χ1v) is 15.4. The number of carbonyl (C=O) groups is 3. The fourth-order valence-electron chi connectivity index (χ4n) is 4.49. The molecule has 0 aliphatic rings. The number of benzene rings is 4. The van der Waals surface area contributed by atoms with Gasteiger partial charge in [0.15, 0.2) is 0 Å². The third-order valence-electron chi connectivity index (χ3n) is 6.61. The van der Waals surface area contributed by atoms with Crippen molar-refractivity contribution in [2.24, 2.45) is 0 Å². The Morgan fingerprint density at radius 2 is 1.57 bits per heavy atom. The van der Waals surface area contributed by atoms with E-state index in [-0.39, 0.29) is 11.6 Å². The average molecular weight is 644 g/mol. The van der Waals surface area contributed by atoms with Crippen molar-refractivity contribution in [2.45, 2.75) is 23.5 Å². The van der Waals surface area contributed by atoms with Gasteiger partial charge in [0.25, 0.3) is 11.8 Å². The number of rotatable bonds is 10. The number of fused-ring (bicyclic) bond motifs is 1. The number of hydrogen-bond acceptors (Lipinski definition) is 4. The second-order valence-electron chi connectivity index (χ2n) is 9.81. The van der Waals surface area contributed by atoms with E-state index in [0.29, 0.717) is 33.4 Å². The standard InChI is InChI=1S/C34H28Cl2N4O3S/c1-2-31(34(43)39-26-17-23(35)16-24(36)18-26)44-27-12-8-11-25(19-27)38-33(42)30(40-32(41)21-9-4-3-5-10-21)15-22-20-37-29-14-7-6-13-28(22)29/h3-20,31,37H,2H2,1H3,(H,38,42)(H,39,43)(H,40,41)/b30-15-. The lowest BCUT2D eigenvalue weighted by Crippen LogP contribution is -2.30. The maximum absolute atomic E-state index is 13.6. The number of aromatic amines is 1. The van der Waals surface area contributed by atoms with Crippen molar-refractivity contribution in [2.75, 3.05) is 10.6 Å². The molecule has 0 saturated heterocycles. The number of hydrogen-bond donors (Lipinski definition) is 4. The summed E-state index contributed by atoms with van der Waals surface area (Å²) in [6.07, 6.45) is 3.99. The van der Waals surface area contributed by atoms with Crippen molar-refractivity contribution in [1.82, 2.24) is 10.3 Å². The summed E-state index contributed by atoms with van der Waals surface area (Å²) in [7, 11) is 0. The number of anilines is 2. The molecule has 4 aromatic carbocycles. The molecule has 1 unspecified atom stereocenters. The zero-order chi connectivity index (χ0) is 31.1. The molecule has 0 bridgehead atoms. The highest BCUT2D eigenvalue weighted by Crippen LogP contribution is 2.30. The Bertz CT molecular complexity index is 1840. The van der Waals surface area contributed by atoms with Crippen LogP contribution < -0.4 is 16.0 Å². The van der Waals surface area contributed by atoms with Gasteiger partial charge in [-0.15, -0.1) is 11.8 Å². The number of aromatic nitrogens is 1. The first kappa shape index (κ1) is 30.9. The summed E-state index contributed by atoms with van der Waals surface area (Å²) in [4.78, 5) is 43.7. The molecule has 0 radical (unpaired) electrons. The molecule has 10 heteroatoms. The number of H-pyrrole nitrogens is 1. The van der Waals surface area contributed by atoms with Gasteiger partial charge in [-0.2, -0.15) is 0 Å². The number of nitrogens with one attached hydrogen (secondary N) is 4. The molecule has 0 fully saturated rings. The Morgan fingerprint density at radius 1 is 0.841 bits per heavy atom. The van der Waals surface area contributed by atoms with Gasteiger partial charge in [-0.3, -0.25) is 14.4 Å². The van der Waals surface area contributed by atoms with Gasteiger partial charge in [-0.05, 0) is 67.1 Å². The van der Waals surface area contributed by atoms with Gasteiger partial charge in [-0.1, -0.05) is 72.6 Å². The summed E-state index contributed by atoms with van der Waals surface area (Å²) in [5.41, 5.74) is 3.18. The summed E-state index contributed by atoms with van der Waals surface area (Å²) < 4.78 is 0. The molecular formula is C34H28Cl2N4O3S. The third-order valence-corrected chi connectivity index (χ3v) is 8.41. The lowest BCUT2D eigenvalue weighted by molar-refractivity contribution is -0.116. The van der Waals surface area contributed by atoms with E-state index in [1.54, 1.807) is 72.9 Å². The normalized spacial score (nSPS) is 12.0. The van der Waals surface area contributed by atoms with E-state index in [0.717, 1.165) is 21.4 Å². The summed E-state index contributed by atoms with van der Waals surface area (Å²) >= 11 is 13.5. The SMILES string of the molecule is CCC(Sc1cccc(NC(=O)/C(=C/c2c[nH]c3ccccc23)NC(=O)c2ccccc2)c1)C(=O)Nc1cc(Cl)cc(Cl)c1. The summed E-state index contributed by atoms with van der Waals surface area (Å²) in [5, 5.41) is 9.90. The maximum atomic E-state index is 13.6. The van der Waals surface area contributed by atoms with Crippen LogP contribution in [0.2, 0.25) is 10.0 Å². The predicted octanol–water partition coefficient (Wildman–Crippen LogP) is 8.39. The van der Waals surface area contributed by atoms with E-state index in [1.807, 2.05) is 43.3 Å². The summed E-state index contributed by atoms with van der Waals surface area (Å²) in [6, 6.07) is 28.5. The minimum absolute atomic E-state index is 0.0765. The van der Waals surface area contributed by atoms with Crippen molar-refractivity contribution in [3.63, 3.8) is 0 Å². The number of thioether (sulfide) groups is 1. The van der Waals surface area contributed by atoms with Crippen molar-refractivity contribution in [1.29, 1.82) is 0 Å². The van der Waals surface area contributed by atoms with Crippen LogP contribution in [0.25, 0.3) is 17.0 Å². The first-order valence-electron chi connectivity index (χ1n) is 13.8. The highest BCUT2D eigenvalue weighted by molar-refractivity contribution is 8.00. The van der Waals surface area contributed by atoms with Crippen LogP contribution in [0.1, 0.15) is 29.3 Å². The van der Waals surface area contributed by atoms with Gasteiger partial charge in [0.05, 0.1) is 5.25 Å². The van der Waals surface area contributed by atoms with E-state index in [4.69, 9.17) is 23.2 Å². The Kier molecular flexibility index (Phi) is 10.1. The van der Waals surface area contributed by atoms with Crippen molar-refractivity contribution in [3.05, 3.63) is 130 Å². The van der Waals surface area contributed by atoms with Crippen molar-refractivity contribution in [3.8, 4) is 0 Å². The molecular weight excluding hydrogens is 615 g/mol. The van der Waals surface area contributed by atoms with Crippen LogP contribution in [0, 0.1) is 0 Å². The molecule has 0 aliphatic heterocycles. The van der Waals surface area contributed by atoms with Crippen LogP contribution in [0.5, 0.6) is 0 Å². The van der Waals surface area contributed by atoms with Gasteiger partial charge >= 0.3 is 0 Å². The quantitative estimate of drug-likeness (QED) is 0.0907. The summed E-state index contributed by atoms with van der Waals surface area (Å²) in [5.74, 6) is -1.10. The molecule has 1 atom stereocenters. The fraction of sp³-hybridized carbons (Fsp3) is 0.0882. The Labute approximate surface area is 269 Å². The van der Waals surface area contributed by atoms with Crippen LogP contribution >= 0.6 is 35.0 Å². The maximum Gasteiger partial charge on any atom is 0.272 e. The monoisotopic (exact) mass is 642 g/mol. The predicted molar refractivity (Wildman–Crippen MR) is 180 cm³/mol. The minimum atomic E-state index is -0.496. The van der Waals surface area contributed by atoms with E-state index in [1.165, 1.54) is 11.8 Å². The fourth-order valence-corrected chi connectivity index (χ4v) is 6.03. The van der Waals surface area contributed by atoms with Gasteiger partial charge in [0.2, 0.25) is 5.91 Å². The average Bonchev–Trinajstić information content (AvgIpc) is 3.42. The molecule has 5 aromatic rings. The molecule has 0 aliphatic carbocycles. The van der Waals surface area contributed by atoms with E-state index in [9.17, 15) is 14.4 Å². The Hall–Kier alpha value is -4.50. The van der Waals surface area contributed by atoms with Gasteiger partial charge in [0, 0.05) is 54.5 Å². The van der Waals surface area contributed by atoms with Gasteiger partial charge in [-0.25, -0.2) is 0 Å². The lowest BCUT2D eigenvalue weighted by atomic mass is 10.1. The molecule has 4 N–H and O–H groups in total. The zero-order valence-corrected chi connectivity index (χ0v) is 25.9. The van der Waals surface area contributed by atoms with Crippen LogP contribution in [-0.2, 0) is 9.59 Å². The van der Waals surface area contributed by atoms with Crippen molar-refractivity contribution >= 4 is 81.0 Å². The number of halogens is 2. The van der Waals surface area contributed by atoms with E-state index in [2.05, 4.69) is 20.9 Å². The Balaban J connectivity index is 1.34. The molecule has 0 saturated carbocycles. The topological polar surface area (TPSA) is 103 Å².